The number of benzene rings is 1. The predicted octanol–water partition coefficient (Wildman–Crippen LogP) is 2.06. The second kappa shape index (κ2) is 8.11. The van der Waals surface area contributed by atoms with Crippen LogP contribution in [0.2, 0.25) is 0 Å². The Kier molecular flexibility index (Phi) is 6.36. The van der Waals surface area contributed by atoms with E-state index < -0.39 is 14.9 Å². The van der Waals surface area contributed by atoms with Gasteiger partial charge in [0, 0.05) is 32.3 Å². The Morgan fingerprint density at radius 1 is 1.32 bits per heavy atom. The molecule has 0 amide bonds. The van der Waals surface area contributed by atoms with E-state index in [1.807, 2.05) is 13.8 Å². The van der Waals surface area contributed by atoms with Gasteiger partial charge in [-0.15, -0.1) is 0 Å². The monoisotopic (exact) mass is 371 g/mol. The van der Waals surface area contributed by atoms with Gasteiger partial charge in [0.1, 0.15) is 5.69 Å². The number of hydrogen-bond donors (Lipinski definition) is 2. The molecule has 1 heterocycles. The maximum absolute atomic E-state index is 12.9. The van der Waals surface area contributed by atoms with Crippen LogP contribution in [0.5, 0.6) is 0 Å². The number of anilines is 1. The van der Waals surface area contributed by atoms with Gasteiger partial charge in [-0.2, -0.15) is 4.31 Å². The number of nitrogens with zero attached hydrogens (tertiary/aromatic N) is 2. The van der Waals surface area contributed by atoms with Gasteiger partial charge in [0.05, 0.1) is 9.82 Å². The molecule has 9 heteroatoms. The lowest BCUT2D eigenvalue weighted by molar-refractivity contribution is -0.384. The van der Waals surface area contributed by atoms with Crippen LogP contribution >= 0.6 is 0 Å². The SMILES string of the molecule is C[C@@H]1C[C@@H](C)CN(S(=O)(=O)c2ccc(NCCCO)c([N+](=O)[O-])c2)C1. The number of sulfonamides is 1. The molecule has 0 spiro atoms. The van der Waals surface area contributed by atoms with E-state index in [1.54, 1.807) is 0 Å². The topological polar surface area (TPSA) is 113 Å². The van der Waals surface area contributed by atoms with Crippen molar-refractivity contribution < 1.29 is 18.4 Å². The first-order chi connectivity index (χ1) is 11.8. The molecule has 0 radical (unpaired) electrons. The van der Waals surface area contributed by atoms with Gasteiger partial charge in [-0.05, 0) is 36.8 Å². The third-order valence-electron chi connectivity index (χ3n) is 4.29. The largest absolute Gasteiger partial charge is 0.396 e. The fraction of sp³-hybridized carbons (Fsp3) is 0.625. The summed E-state index contributed by atoms with van der Waals surface area (Å²) in [6.07, 6.45) is 1.42. The molecule has 1 fully saturated rings. The summed E-state index contributed by atoms with van der Waals surface area (Å²) < 4.78 is 27.2. The van der Waals surface area contributed by atoms with Crippen LogP contribution in [0.15, 0.2) is 23.1 Å². The van der Waals surface area contributed by atoms with E-state index in [4.69, 9.17) is 5.11 Å². The van der Waals surface area contributed by atoms with Gasteiger partial charge in [0.25, 0.3) is 5.69 Å². The Morgan fingerprint density at radius 2 is 1.96 bits per heavy atom. The summed E-state index contributed by atoms with van der Waals surface area (Å²) in [5, 5.41) is 23.0. The maximum atomic E-state index is 12.9. The van der Waals surface area contributed by atoms with Crippen LogP contribution in [-0.2, 0) is 10.0 Å². The summed E-state index contributed by atoms with van der Waals surface area (Å²) in [4.78, 5) is 10.7. The van der Waals surface area contributed by atoms with E-state index in [-0.39, 0.29) is 34.7 Å². The van der Waals surface area contributed by atoms with Crippen molar-refractivity contribution in [3.05, 3.63) is 28.3 Å². The van der Waals surface area contributed by atoms with Crippen LogP contribution in [0, 0.1) is 22.0 Å². The lowest BCUT2D eigenvalue weighted by atomic mass is 9.94. The van der Waals surface area contributed by atoms with Crippen molar-refractivity contribution in [1.82, 2.24) is 4.31 Å². The molecule has 1 aromatic carbocycles. The summed E-state index contributed by atoms with van der Waals surface area (Å²) in [6.45, 7) is 5.21. The highest BCUT2D eigenvalue weighted by atomic mass is 32.2. The van der Waals surface area contributed by atoms with Gasteiger partial charge in [0.15, 0.2) is 0 Å². The van der Waals surface area contributed by atoms with Gasteiger partial charge in [0.2, 0.25) is 10.0 Å². The van der Waals surface area contributed by atoms with E-state index in [9.17, 15) is 18.5 Å². The first kappa shape index (κ1) is 19.6. The summed E-state index contributed by atoms with van der Waals surface area (Å²) in [5.74, 6) is 0.515. The van der Waals surface area contributed by atoms with E-state index in [0.29, 0.717) is 26.1 Å². The van der Waals surface area contributed by atoms with Crippen LogP contribution in [0.1, 0.15) is 26.7 Å². The third kappa shape index (κ3) is 4.68. The van der Waals surface area contributed by atoms with Crippen molar-refractivity contribution >= 4 is 21.4 Å². The molecule has 1 saturated heterocycles. The standard InChI is InChI=1S/C16H25N3O5S/c1-12-8-13(2)11-18(10-12)25(23,24)14-4-5-15(17-6-3-7-20)16(9-14)19(21)22/h4-5,9,12-13,17,20H,3,6-8,10-11H2,1-2H3/t12-,13-/m1/s1. The third-order valence-corrected chi connectivity index (χ3v) is 6.12. The summed E-state index contributed by atoms with van der Waals surface area (Å²) >= 11 is 0. The van der Waals surface area contributed by atoms with Crippen LogP contribution in [0.4, 0.5) is 11.4 Å². The quantitative estimate of drug-likeness (QED) is 0.431. The highest BCUT2D eigenvalue weighted by Gasteiger charge is 2.33. The second-order valence-electron chi connectivity index (χ2n) is 6.71. The van der Waals surface area contributed by atoms with Crippen molar-refractivity contribution in [1.29, 1.82) is 0 Å². The maximum Gasteiger partial charge on any atom is 0.293 e. The van der Waals surface area contributed by atoms with Crippen molar-refractivity contribution in [2.75, 3.05) is 31.6 Å². The van der Waals surface area contributed by atoms with Crippen molar-refractivity contribution in [2.24, 2.45) is 11.8 Å². The highest BCUT2D eigenvalue weighted by Crippen LogP contribution is 2.31. The van der Waals surface area contributed by atoms with Crippen molar-refractivity contribution in [2.45, 2.75) is 31.6 Å². The zero-order valence-corrected chi connectivity index (χ0v) is 15.3. The molecule has 2 rings (SSSR count). The molecule has 0 aromatic heterocycles. The molecule has 0 unspecified atom stereocenters. The summed E-state index contributed by atoms with van der Waals surface area (Å²) in [5.41, 5.74) is -0.0325. The average Bonchev–Trinajstić information content (AvgIpc) is 2.54. The minimum absolute atomic E-state index is 0.0292. The van der Waals surface area contributed by atoms with Crippen molar-refractivity contribution in [3.8, 4) is 0 Å². The zero-order valence-electron chi connectivity index (χ0n) is 14.5. The summed E-state index contributed by atoms with van der Waals surface area (Å²) in [7, 11) is -3.76. The van der Waals surface area contributed by atoms with Crippen LogP contribution < -0.4 is 5.32 Å². The molecule has 0 bridgehead atoms. The minimum atomic E-state index is -3.76. The fourth-order valence-electron chi connectivity index (χ4n) is 3.23. The Labute approximate surface area is 148 Å². The Morgan fingerprint density at radius 3 is 2.52 bits per heavy atom. The van der Waals surface area contributed by atoms with Gasteiger partial charge in [-0.1, -0.05) is 13.8 Å². The molecule has 0 saturated carbocycles. The molecule has 2 atom stereocenters. The zero-order chi connectivity index (χ0) is 18.6. The second-order valence-corrected chi connectivity index (χ2v) is 8.65. The lowest BCUT2D eigenvalue weighted by Crippen LogP contribution is -2.42. The van der Waals surface area contributed by atoms with Crippen LogP contribution in [-0.4, -0.2) is 49.0 Å². The number of aliphatic hydroxyl groups is 1. The van der Waals surface area contributed by atoms with Crippen LogP contribution in [0.3, 0.4) is 0 Å². The first-order valence-corrected chi connectivity index (χ1v) is 9.83. The average molecular weight is 371 g/mol. The molecule has 1 aromatic rings. The number of hydrogen-bond acceptors (Lipinski definition) is 6. The fourth-order valence-corrected chi connectivity index (χ4v) is 4.93. The predicted molar refractivity (Wildman–Crippen MR) is 95.0 cm³/mol. The lowest BCUT2D eigenvalue weighted by Gasteiger charge is -2.34. The molecule has 1 aliphatic heterocycles. The number of piperidine rings is 1. The Balaban J connectivity index is 2.31. The molecular weight excluding hydrogens is 346 g/mol. The van der Waals surface area contributed by atoms with Crippen LogP contribution in [0.25, 0.3) is 0 Å². The van der Waals surface area contributed by atoms with E-state index >= 15 is 0 Å². The number of nitrogens with one attached hydrogen (secondary N) is 1. The Hall–Kier alpha value is -1.71. The molecular formula is C16H25N3O5S. The van der Waals surface area contributed by atoms with E-state index in [1.165, 1.54) is 16.4 Å². The number of nitro groups is 1. The normalized spacial score (nSPS) is 21.9. The number of nitro benzene ring substituents is 1. The van der Waals surface area contributed by atoms with Gasteiger partial charge in [-0.25, -0.2) is 8.42 Å². The smallest absolute Gasteiger partial charge is 0.293 e. The van der Waals surface area contributed by atoms with Crippen molar-refractivity contribution in [3.63, 3.8) is 0 Å². The van der Waals surface area contributed by atoms with Gasteiger partial charge >= 0.3 is 0 Å². The first-order valence-electron chi connectivity index (χ1n) is 8.39. The molecule has 140 valence electrons. The molecule has 1 aliphatic rings. The van der Waals surface area contributed by atoms with E-state index in [2.05, 4.69) is 5.32 Å². The molecule has 2 N–H and O–H groups in total. The van der Waals surface area contributed by atoms with Gasteiger partial charge in [-0.3, -0.25) is 10.1 Å². The van der Waals surface area contributed by atoms with Gasteiger partial charge < -0.3 is 10.4 Å². The number of rotatable bonds is 7. The molecule has 0 aliphatic carbocycles. The molecule has 8 nitrogen and oxygen atoms in total. The Bertz CT molecular complexity index is 712. The van der Waals surface area contributed by atoms with E-state index in [0.717, 1.165) is 12.5 Å². The number of aliphatic hydroxyl groups excluding tert-OH is 1. The highest BCUT2D eigenvalue weighted by molar-refractivity contribution is 7.89. The summed E-state index contributed by atoms with van der Waals surface area (Å²) in [6, 6.07) is 3.92. The molecule has 25 heavy (non-hydrogen) atoms. The minimum Gasteiger partial charge on any atom is -0.396 e.